The fourth-order valence-electron chi connectivity index (χ4n) is 3.20. The van der Waals surface area contributed by atoms with Gasteiger partial charge < -0.3 is 19.7 Å². The SMILES string of the molecule is CN=C(NCc1nccn1CC(C)C)N1CCN(C2CC2)C(=O)C1. The Morgan fingerprint density at radius 3 is 2.83 bits per heavy atom. The van der Waals surface area contributed by atoms with Gasteiger partial charge in [-0.3, -0.25) is 9.79 Å². The standard InChI is InChI=1S/C17H28N6O/c1-13(2)11-21-7-6-19-15(21)10-20-17(18-3)22-8-9-23(14-4-5-14)16(24)12-22/h6-7,13-14H,4-5,8-12H2,1-3H3,(H,18,20). The quantitative estimate of drug-likeness (QED) is 0.643. The second-order valence-corrected chi connectivity index (χ2v) is 7.03. The van der Waals surface area contributed by atoms with Crippen molar-refractivity contribution in [2.75, 3.05) is 26.7 Å². The lowest BCUT2D eigenvalue weighted by Crippen LogP contribution is -2.55. The second-order valence-electron chi connectivity index (χ2n) is 7.03. The molecule has 1 saturated carbocycles. The van der Waals surface area contributed by atoms with Crippen molar-refractivity contribution in [2.45, 2.75) is 45.8 Å². The van der Waals surface area contributed by atoms with E-state index < -0.39 is 0 Å². The van der Waals surface area contributed by atoms with E-state index in [2.05, 4.69) is 33.7 Å². The van der Waals surface area contributed by atoms with Gasteiger partial charge in [-0.25, -0.2) is 4.98 Å². The zero-order valence-electron chi connectivity index (χ0n) is 14.9. The fraction of sp³-hybridized carbons (Fsp3) is 0.706. The first-order valence-corrected chi connectivity index (χ1v) is 8.83. The smallest absolute Gasteiger partial charge is 0.242 e. The number of rotatable bonds is 5. The molecule has 1 aliphatic carbocycles. The highest BCUT2D eigenvalue weighted by molar-refractivity contribution is 5.87. The Hall–Kier alpha value is -2.05. The van der Waals surface area contributed by atoms with Crippen molar-refractivity contribution in [3.05, 3.63) is 18.2 Å². The van der Waals surface area contributed by atoms with Gasteiger partial charge in [0.05, 0.1) is 13.1 Å². The minimum Gasteiger partial charge on any atom is -0.349 e. The first-order chi connectivity index (χ1) is 11.6. The molecule has 1 aromatic rings. The van der Waals surface area contributed by atoms with Crippen LogP contribution in [-0.2, 0) is 17.9 Å². The summed E-state index contributed by atoms with van der Waals surface area (Å²) in [5.41, 5.74) is 0. The summed E-state index contributed by atoms with van der Waals surface area (Å²) in [7, 11) is 1.76. The Kier molecular flexibility index (Phi) is 5.06. The van der Waals surface area contributed by atoms with Gasteiger partial charge in [0.25, 0.3) is 0 Å². The van der Waals surface area contributed by atoms with Crippen LogP contribution in [0.1, 0.15) is 32.5 Å². The average Bonchev–Trinajstić information content (AvgIpc) is 3.29. The van der Waals surface area contributed by atoms with Crippen LogP contribution < -0.4 is 5.32 Å². The highest BCUT2D eigenvalue weighted by Gasteiger charge is 2.36. The van der Waals surface area contributed by atoms with Gasteiger partial charge in [-0.15, -0.1) is 0 Å². The molecular weight excluding hydrogens is 304 g/mol. The van der Waals surface area contributed by atoms with Crippen LogP contribution in [-0.4, -0.2) is 63.9 Å². The molecule has 0 radical (unpaired) electrons. The molecule has 0 aromatic carbocycles. The number of carbonyl (C=O) groups excluding carboxylic acids is 1. The molecule has 24 heavy (non-hydrogen) atoms. The lowest BCUT2D eigenvalue weighted by Gasteiger charge is -2.36. The van der Waals surface area contributed by atoms with Gasteiger partial charge in [0.1, 0.15) is 5.82 Å². The van der Waals surface area contributed by atoms with Gasteiger partial charge in [0, 0.05) is 45.1 Å². The minimum absolute atomic E-state index is 0.216. The molecule has 0 atom stereocenters. The molecule has 3 rings (SSSR count). The van der Waals surface area contributed by atoms with E-state index in [-0.39, 0.29) is 5.91 Å². The summed E-state index contributed by atoms with van der Waals surface area (Å²) < 4.78 is 2.17. The summed E-state index contributed by atoms with van der Waals surface area (Å²) >= 11 is 0. The van der Waals surface area contributed by atoms with E-state index in [1.807, 2.05) is 22.2 Å². The summed E-state index contributed by atoms with van der Waals surface area (Å²) in [6, 6.07) is 0.498. The predicted octanol–water partition coefficient (Wildman–Crippen LogP) is 0.921. The van der Waals surface area contributed by atoms with Crippen molar-refractivity contribution in [3.63, 3.8) is 0 Å². The number of hydrogen-bond donors (Lipinski definition) is 1. The third-order valence-electron chi connectivity index (χ3n) is 4.52. The molecule has 0 unspecified atom stereocenters. The van der Waals surface area contributed by atoms with Gasteiger partial charge in [-0.2, -0.15) is 0 Å². The van der Waals surface area contributed by atoms with Crippen LogP contribution in [0, 0.1) is 5.92 Å². The third-order valence-corrected chi connectivity index (χ3v) is 4.52. The summed E-state index contributed by atoms with van der Waals surface area (Å²) in [5.74, 6) is 2.56. The monoisotopic (exact) mass is 332 g/mol. The molecule has 1 saturated heterocycles. The van der Waals surface area contributed by atoms with Crippen molar-refractivity contribution in [3.8, 4) is 0 Å². The van der Waals surface area contributed by atoms with Crippen molar-refractivity contribution in [1.82, 2.24) is 24.7 Å². The van der Waals surface area contributed by atoms with E-state index in [0.717, 1.165) is 44.3 Å². The van der Waals surface area contributed by atoms with Crippen LogP contribution in [0.4, 0.5) is 0 Å². The Morgan fingerprint density at radius 1 is 1.42 bits per heavy atom. The number of piperazine rings is 1. The number of hydrogen-bond acceptors (Lipinski definition) is 3. The van der Waals surface area contributed by atoms with E-state index in [0.29, 0.717) is 25.0 Å². The maximum atomic E-state index is 12.3. The largest absolute Gasteiger partial charge is 0.349 e. The maximum absolute atomic E-state index is 12.3. The van der Waals surface area contributed by atoms with Gasteiger partial charge in [-0.1, -0.05) is 13.8 Å². The third kappa shape index (κ3) is 3.88. The molecule has 1 N–H and O–H groups in total. The van der Waals surface area contributed by atoms with Gasteiger partial charge in [0.15, 0.2) is 5.96 Å². The number of aromatic nitrogens is 2. The van der Waals surface area contributed by atoms with Crippen molar-refractivity contribution >= 4 is 11.9 Å². The van der Waals surface area contributed by atoms with Crippen LogP contribution in [0.2, 0.25) is 0 Å². The van der Waals surface area contributed by atoms with E-state index >= 15 is 0 Å². The molecular formula is C17H28N6O. The Balaban J connectivity index is 1.56. The normalized spacial score (nSPS) is 19.3. The van der Waals surface area contributed by atoms with Crippen molar-refractivity contribution in [1.29, 1.82) is 0 Å². The van der Waals surface area contributed by atoms with E-state index in [1.54, 1.807) is 7.05 Å². The molecule has 1 aromatic heterocycles. The Morgan fingerprint density at radius 2 is 2.21 bits per heavy atom. The highest BCUT2D eigenvalue weighted by atomic mass is 16.2. The minimum atomic E-state index is 0.216. The van der Waals surface area contributed by atoms with Crippen LogP contribution in [0.25, 0.3) is 0 Å². The lowest BCUT2D eigenvalue weighted by atomic mass is 10.2. The number of carbonyl (C=O) groups is 1. The van der Waals surface area contributed by atoms with Crippen molar-refractivity contribution < 1.29 is 4.79 Å². The molecule has 2 fully saturated rings. The zero-order valence-corrected chi connectivity index (χ0v) is 14.9. The first kappa shape index (κ1) is 16.8. The predicted molar refractivity (Wildman–Crippen MR) is 93.6 cm³/mol. The Labute approximate surface area is 143 Å². The zero-order chi connectivity index (χ0) is 17.1. The van der Waals surface area contributed by atoms with E-state index in [1.165, 1.54) is 0 Å². The van der Waals surface area contributed by atoms with Gasteiger partial charge in [-0.05, 0) is 18.8 Å². The molecule has 1 amide bonds. The number of nitrogens with one attached hydrogen (secondary N) is 1. The number of amides is 1. The fourth-order valence-corrected chi connectivity index (χ4v) is 3.20. The Bertz CT molecular complexity index is 604. The summed E-state index contributed by atoms with van der Waals surface area (Å²) in [6.45, 7) is 8.00. The average molecular weight is 332 g/mol. The molecule has 0 spiro atoms. The lowest BCUT2D eigenvalue weighted by molar-refractivity contribution is -0.135. The van der Waals surface area contributed by atoms with Crippen LogP contribution in [0.3, 0.4) is 0 Å². The number of aliphatic imine (C=N–C) groups is 1. The summed E-state index contributed by atoms with van der Waals surface area (Å²) in [6.07, 6.45) is 6.17. The molecule has 2 heterocycles. The van der Waals surface area contributed by atoms with Gasteiger partial charge >= 0.3 is 0 Å². The molecule has 7 heteroatoms. The molecule has 132 valence electrons. The topological polar surface area (TPSA) is 65.8 Å². The van der Waals surface area contributed by atoms with Crippen LogP contribution in [0.15, 0.2) is 17.4 Å². The number of guanidine groups is 1. The molecule has 7 nitrogen and oxygen atoms in total. The summed E-state index contributed by atoms with van der Waals surface area (Å²) in [4.78, 5) is 25.1. The second kappa shape index (κ2) is 7.23. The van der Waals surface area contributed by atoms with Crippen LogP contribution >= 0.6 is 0 Å². The summed E-state index contributed by atoms with van der Waals surface area (Å²) in [5, 5.41) is 3.36. The van der Waals surface area contributed by atoms with Crippen LogP contribution in [0.5, 0.6) is 0 Å². The molecule has 2 aliphatic rings. The van der Waals surface area contributed by atoms with Crippen molar-refractivity contribution in [2.24, 2.45) is 10.9 Å². The van der Waals surface area contributed by atoms with Gasteiger partial charge in [0.2, 0.25) is 5.91 Å². The number of imidazole rings is 1. The van der Waals surface area contributed by atoms with E-state index in [4.69, 9.17) is 0 Å². The maximum Gasteiger partial charge on any atom is 0.242 e. The highest BCUT2D eigenvalue weighted by Crippen LogP contribution is 2.28. The van der Waals surface area contributed by atoms with E-state index in [9.17, 15) is 4.79 Å². The molecule has 1 aliphatic heterocycles. The molecule has 0 bridgehead atoms. The first-order valence-electron chi connectivity index (χ1n) is 8.83. The number of nitrogens with zero attached hydrogens (tertiary/aromatic N) is 5.